The number of hydrogen-bond acceptors (Lipinski definition) is 3. The maximum absolute atomic E-state index is 5.54. The van der Waals surface area contributed by atoms with Gasteiger partial charge in [-0.15, -0.1) is 6.58 Å². The van der Waals surface area contributed by atoms with E-state index in [2.05, 4.69) is 29.0 Å². The summed E-state index contributed by atoms with van der Waals surface area (Å²) in [6, 6.07) is 16.4. The lowest BCUT2D eigenvalue weighted by molar-refractivity contribution is 0.139. The van der Waals surface area contributed by atoms with Crippen LogP contribution in [0.5, 0.6) is 0 Å². The Bertz CT molecular complexity index is 474. The monoisotopic (exact) mass is 282 g/mol. The van der Waals surface area contributed by atoms with Gasteiger partial charge in [-0.3, -0.25) is 4.98 Å². The zero-order valence-corrected chi connectivity index (χ0v) is 12.2. The van der Waals surface area contributed by atoms with Gasteiger partial charge in [0, 0.05) is 12.7 Å². The Morgan fingerprint density at radius 1 is 1.10 bits per heavy atom. The number of aromatic nitrogens is 1. The maximum atomic E-state index is 5.54. The van der Waals surface area contributed by atoms with E-state index >= 15 is 0 Å². The molecular formula is C18H22N2O. The average Bonchev–Trinajstić information content (AvgIpc) is 2.56. The molecule has 21 heavy (non-hydrogen) atoms. The van der Waals surface area contributed by atoms with Crippen LogP contribution < -0.4 is 5.32 Å². The van der Waals surface area contributed by atoms with Crippen LogP contribution in [0.2, 0.25) is 0 Å². The van der Waals surface area contributed by atoms with E-state index < -0.39 is 0 Å². The van der Waals surface area contributed by atoms with Gasteiger partial charge in [-0.25, -0.2) is 0 Å². The van der Waals surface area contributed by atoms with Crippen LogP contribution in [0.25, 0.3) is 0 Å². The lowest BCUT2D eigenvalue weighted by Gasteiger charge is -2.18. The molecule has 0 saturated heterocycles. The number of rotatable bonds is 9. The van der Waals surface area contributed by atoms with E-state index in [4.69, 9.17) is 4.74 Å². The molecule has 3 nitrogen and oxygen atoms in total. The summed E-state index contributed by atoms with van der Waals surface area (Å²) in [5, 5.41) is 3.52. The molecule has 1 N–H and O–H groups in total. The van der Waals surface area contributed by atoms with Crippen molar-refractivity contribution in [1.82, 2.24) is 10.3 Å². The Kier molecular flexibility index (Phi) is 6.65. The first-order chi connectivity index (χ1) is 10.4. The van der Waals surface area contributed by atoms with Gasteiger partial charge in [0.1, 0.15) is 0 Å². The highest BCUT2D eigenvalue weighted by Crippen LogP contribution is 2.19. The highest BCUT2D eigenvalue weighted by molar-refractivity contribution is 5.27. The van der Waals surface area contributed by atoms with E-state index in [0.29, 0.717) is 6.61 Å². The third kappa shape index (κ3) is 5.14. The molecule has 0 amide bonds. The number of nitrogens with one attached hydrogen (secondary N) is 1. The standard InChI is InChI=1S/C18H22N2O/c1-2-3-14-21-15-13-20-18(16-9-5-4-6-10-16)17-11-7-8-12-19-17/h2,4-12,18,20H,1,3,13-15H2. The molecule has 1 atom stereocenters. The zero-order valence-electron chi connectivity index (χ0n) is 12.2. The molecule has 0 spiro atoms. The smallest absolute Gasteiger partial charge is 0.0752 e. The summed E-state index contributed by atoms with van der Waals surface area (Å²) in [4.78, 5) is 4.47. The molecule has 0 radical (unpaired) electrons. The van der Waals surface area contributed by atoms with Crippen LogP contribution in [0, 0.1) is 0 Å². The summed E-state index contributed by atoms with van der Waals surface area (Å²) >= 11 is 0. The van der Waals surface area contributed by atoms with Crippen LogP contribution in [-0.2, 0) is 4.74 Å². The number of benzene rings is 1. The molecule has 1 aromatic carbocycles. The van der Waals surface area contributed by atoms with Crippen LogP contribution in [0.3, 0.4) is 0 Å². The lowest BCUT2D eigenvalue weighted by Crippen LogP contribution is -2.27. The molecule has 0 bridgehead atoms. The zero-order chi connectivity index (χ0) is 14.8. The third-order valence-electron chi connectivity index (χ3n) is 3.18. The van der Waals surface area contributed by atoms with Crippen LogP contribution >= 0.6 is 0 Å². The normalized spacial score (nSPS) is 12.0. The van der Waals surface area contributed by atoms with Crippen LogP contribution in [-0.4, -0.2) is 24.7 Å². The van der Waals surface area contributed by atoms with Crippen LogP contribution in [0.4, 0.5) is 0 Å². The molecular weight excluding hydrogens is 260 g/mol. The Morgan fingerprint density at radius 2 is 1.90 bits per heavy atom. The first-order valence-corrected chi connectivity index (χ1v) is 7.29. The van der Waals surface area contributed by atoms with Crippen molar-refractivity contribution >= 4 is 0 Å². The van der Waals surface area contributed by atoms with Crippen molar-refractivity contribution in [2.45, 2.75) is 12.5 Å². The fourth-order valence-electron chi connectivity index (χ4n) is 2.13. The van der Waals surface area contributed by atoms with Gasteiger partial charge in [0.2, 0.25) is 0 Å². The minimum Gasteiger partial charge on any atom is -0.380 e. The third-order valence-corrected chi connectivity index (χ3v) is 3.18. The summed E-state index contributed by atoms with van der Waals surface area (Å²) in [7, 11) is 0. The molecule has 1 heterocycles. The molecule has 0 fully saturated rings. The highest BCUT2D eigenvalue weighted by Gasteiger charge is 2.13. The van der Waals surface area contributed by atoms with Crippen molar-refractivity contribution in [3.8, 4) is 0 Å². The molecule has 1 unspecified atom stereocenters. The summed E-state index contributed by atoms with van der Waals surface area (Å²) in [6.45, 7) is 5.88. The van der Waals surface area contributed by atoms with Crippen molar-refractivity contribution in [3.63, 3.8) is 0 Å². The lowest BCUT2D eigenvalue weighted by atomic mass is 10.0. The van der Waals surface area contributed by atoms with Crippen molar-refractivity contribution in [1.29, 1.82) is 0 Å². The first-order valence-electron chi connectivity index (χ1n) is 7.29. The SMILES string of the molecule is C=CCCOCCNC(c1ccccc1)c1ccccn1. The first kappa shape index (κ1) is 15.4. The summed E-state index contributed by atoms with van der Waals surface area (Å²) < 4.78 is 5.54. The van der Waals surface area contributed by atoms with Crippen molar-refractivity contribution in [2.24, 2.45) is 0 Å². The van der Waals surface area contributed by atoms with Gasteiger partial charge in [-0.1, -0.05) is 42.5 Å². The minimum absolute atomic E-state index is 0.0930. The fourth-order valence-corrected chi connectivity index (χ4v) is 2.13. The Hall–Kier alpha value is -1.97. The molecule has 0 aliphatic rings. The van der Waals surface area contributed by atoms with Gasteiger partial charge in [0.25, 0.3) is 0 Å². The van der Waals surface area contributed by atoms with Gasteiger partial charge in [-0.05, 0) is 24.1 Å². The molecule has 3 heteroatoms. The molecule has 0 aliphatic heterocycles. The van der Waals surface area contributed by atoms with Gasteiger partial charge < -0.3 is 10.1 Å². The average molecular weight is 282 g/mol. The quantitative estimate of drug-likeness (QED) is 0.566. The minimum atomic E-state index is 0.0930. The second-order valence-corrected chi connectivity index (χ2v) is 4.74. The number of pyridine rings is 1. The van der Waals surface area contributed by atoms with Gasteiger partial charge >= 0.3 is 0 Å². The molecule has 2 aromatic rings. The summed E-state index contributed by atoms with van der Waals surface area (Å²) in [5.74, 6) is 0. The number of ether oxygens (including phenoxy) is 1. The number of nitrogens with zero attached hydrogens (tertiary/aromatic N) is 1. The second kappa shape index (κ2) is 9.06. The maximum Gasteiger partial charge on any atom is 0.0752 e. The molecule has 0 saturated carbocycles. The topological polar surface area (TPSA) is 34.1 Å². The Balaban J connectivity index is 1.95. The molecule has 0 aliphatic carbocycles. The highest BCUT2D eigenvalue weighted by atomic mass is 16.5. The van der Waals surface area contributed by atoms with E-state index in [0.717, 1.165) is 25.3 Å². The van der Waals surface area contributed by atoms with E-state index in [1.165, 1.54) is 5.56 Å². The second-order valence-electron chi connectivity index (χ2n) is 4.74. The predicted octanol–water partition coefficient (Wildman–Crippen LogP) is 3.35. The van der Waals surface area contributed by atoms with Crippen molar-refractivity contribution in [2.75, 3.05) is 19.8 Å². The van der Waals surface area contributed by atoms with Gasteiger partial charge in [0.05, 0.1) is 24.9 Å². The largest absolute Gasteiger partial charge is 0.380 e. The van der Waals surface area contributed by atoms with E-state index in [1.807, 2.05) is 48.7 Å². The fraction of sp³-hybridized carbons (Fsp3) is 0.278. The molecule has 1 aromatic heterocycles. The Morgan fingerprint density at radius 3 is 2.62 bits per heavy atom. The van der Waals surface area contributed by atoms with E-state index in [-0.39, 0.29) is 6.04 Å². The summed E-state index contributed by atoms with van der Waals surface area (Å²) in [6.07, 6.45) is 4.59. The van der Waals surface area contributed by atoms with Crippen molar-refractivity contribution < 1.29 is 4.74 Å². The van der Waals surface area contributed by atoms with Crippen molar-refractivity contribution in [3.05, 3.63) is 78.6 Å². The van der Waals surface area contributed by atoms with Gasteiger partial charge in [-0.2, -0.15) is 0 Å². The predicted molar refractivity (Wildman–Crippen MR) is 86.2 cm³/mol. The Labute approximate surface area is 126 Å². The van der Waals surface area contributed by atoms with E-state index in [9.17, 15) is 0 Å². The molecule has 110 valence electrons. The van der Waals surface area contributed by atoms with Crippen LogP contribution in [0.15, 0.2) is 67.4 Å². The van der Waals surface area contributed by atoms with Crippen LogP contribution in [0.1, 0.15) is 23.7 Å². The van der Waals surface area contributed by atoms with E-state index in [1.54, 1.807) is 0 Å². The van der Waals surface area contributed by atoms with Gasteiger partial charge in [0.15, 0.2) is 0 Å². The summed E-state index contributed by atoms with van der Waals surface area (Å²) in [5.41, 5.74) is 2.23. The number of hydrogen-bond donors (Lipinski definition) is 1. The molecule has 2 rings (SSSR count).